The molecule has 0 saturated carbocycles. The molecule has 20 heavy (non-hydrogen) atoms. The van der Waals surface area contributed by atoms with Gasteiger partial charge in [0.1, 0.15) is 17.3 Å². The van der Waals surface area contributed by atoms with Crippen LogP contribution in [0.15, 0.2) is 18.2 Å². The lowest BCUT2D eigenvalue weighted by atomic mass is 10.3. The molecule has 0 amide bonds. The van der Waals surface area contributed by atoms with Gasteiger partial charge in [0, 0.05) is 13.6 Å². The molecule has 0 heterocycles. The average molecular weight is 307 g/mol. The van der Waals surface area contributed by atoms with Crippen molar-refractivity contribution in [3.8, 4) is 0 Å². The summed E-state index contributed by atoms with van der Waals surface area (Å²) >= 11 is 0. The quantitative estimate of drug-likeness (QED) is 0.716. The minimum absolute atomic E-state index is 0.248. The van der Waals surface area contributed by atoms with Crippen LogP contribution in [0.25, 0.3) is 0 Å². The van der Waals surface area contributed by atoms with Gasteiger partial charge in [0.15, 0.2) is 0 Å². The molecule has 0 bridgehead atoms. The number of hydrogen-bond donors (Lipinski definition) is 2. The van der Waals surface area contributed by atoms with Crippen molar-refractivity contribution < 1.29 is 17.2 Å². The van der Waals surface area contributed by atoms with Crippen LogP contribution >= 0.6 is 0 Å². The predicted octanol–water partition coefficient (Wildman–Crippen LogP) is 1.55. The van der Waals surface area contributed by atoms with E-state index in [1.54, 1.807) is 0 Å². The van der Waals surface area contributed by atoms with Crippen LogP contribution in [0.2, 0.25) is 0 Å². The Labute approximate surface area is 118 Å². The zero-order valence-electron chi connectivity index (χ0n) is 11.5. The second-order valence-corrected chi connectivity index (χ2v) is 6.01. The minimum Gasteiger partial charge on any atom is -0.317 e. The topological polar surface area (TPSA) is 61.4 Å². The third-order valence-corrected chi connectivity index (χ3v) is 4.15. The van der Waals surface area contributed by atoms with Gasteiger partial charge in [-0.05, 0) is 31.6 Å². The molecule has 8 heteroatoms. The summed E-state index contributed by atoms with van der Waals surface area (Å²) in [6, 6.07) is 3.15. The van der Waals surface area contributed by atoms with Crippen molar-refractivity contribution in [1.82, 2.24) is 9.62 Å². The van der Waals surface area contributed by atoms with Crippen LogP contribution in [0.5, 0.6) is 0 Å². The smallest absolute Gasteiger partial charge is 0.301 e. The first kappa shape index (κ1) is 16.8. The molecule has 2 N–H and O–H groups in total. The maximum absolute atomic E-state index is 13.4. The summed E-state index contributed by atoms with van der Waals surface area (Å²) in [4.78, 5) is 0. The highest BCUT2D eigenvalue weighted by molar-refractivity contribution is 7.90. The molecule has 0 radical (unpaired) electrons. The van der Waals surface area contributed by atoms with Crippen LogP contribution in [0.1, 0.15) is 13.3 Å². The van der Waals surface area contributed by atoms with Crippen molar-refractivity contribution in [2.24, 2.45) is 0 Å². The van der Waals surface area contributed by atoms with E-state index in [2.05, 4.69) is 5.32 Å². The first-order chi connectivity index (χ1) is 9.38. The van der Waals surface area contributed by atoms with Gasteiger partial charge in [0.05, 0.1) is 0 Å². The summed E-state index contributed by atoms with van der Waals surface area (Å²) in [5.41, 5.74) is -0.661. The van der Waals surface area contributed by atoms with E-state index >= 15 is 0 Å². The Hall–Kier alpha value is -1.25. The molecule has 0 aliphatic carbocycles. The lowest BCUT2D eigenvalue weighted by molar-refractivity contribution is 0.459. The van der Waals surface area contributed by atoms with Gasteiger partial charge in [-0.3, -0.25) is 4.72 Å². The van der Waals surface area contributed by atoms with E-state index in [1.165, 1.54) is 13.1 Å². The highest BCUT2D eigenvalue weighted by Crippen LogP contribution is 2.20. The Kier molecular flexibility index (Phi) is 6.31. The van der Waals surface area contributed by atoms with E-state index < -0.39 is 27.5 Å². The first-order valence-electron chi connectivity index (χ1n) is 6.27. The Morgan fingerprint density at radius 2 is 1.85 bits per heavy atom. The van der Waals surface area contributed by atoms with E-state index in [0.29, 0.717) is 13.0 Å². The lowest BCUT2D eigenvalue weighted by Gasteiger charge is -2.18. The van der Waals surface area contributed by atoms with E-state index in [1.807, 2.05) is 11.6 Å². The van der Waals surface area contributed by atoms with Crippen molar-refractivity contribution in [3.63, 3.8) is 0 Å². The molecule has 0 spiro atoms. The van der Waals surface area contributed by atoms with E-state index in [0.717, 1.165) is 23.0 Å². The van der Waals surface area contributed by atoms with Crippen LogP contribution in [-0.2, 0) is 10.2 Å². The highest BCUT2D eigenvalue weighted by Gasteiger charge is 2.20. The predicted molar refractivity (Wildman–Crippen MR) is 74.7 cm³/mol. The fourth-order valence-corrected chi connectivity index (χ4v) is 2.50. The van der Waals surface area contributed by atoms with Crippen molar-refractivity contribution in [1.29, 1.82) is 0 Å². The SMILES string of the molecule is CCNCCCN(C)S(=O)(=O)Nc1c(F)cccc1F. The van der Waals surface area contributed by atoms with Crippen LogP contribution in [0.3, 0.4) is 0 Å². The van der Waals surface area contributed by atoms with Crippen LogP contribution in [0, 0.1) is 11.6 Å². The minimum atomic E-state index is -3.97. The van der Waals surface area contributed by atoms with Gasteiger partial charge < -0.3 is 5.32 Å². The third-order valence-electron chi connectivity index (χ3n) is 2.68. The molecule has 0 aromatic heterocycles. The maximum Gasteiger partial charge on any atom is 0.301 e. The molecule has 1 aromatic carbocycles. The molecule has 0 aliphatic heterocycles. The molecular formula is C12H19F2N3O2S. The van der Waals surface area contributed by atoms with Gasteiger partial charge in [-0.15, -0.1) is 0 Å². The summed E-state index contributed by atoms with van der Waals surface area (Å²) in [6.07, 6.45) is 0.602. The fraction of sp³-hybridized carbons (Fsp3) is 0.500. The van der Waals surface area contributed by atoms with Gasteiger partial charge in [-0.2, -0.15) is 12.7 Å². The monoisotopic (exact) mass is 307 g/mol. The van der Waals surface area contributed by atoms with Crippen molar-refractivity contribution >= 4 is 15.9 Å². The van der Waals surface area contributed by atoms with E-state index in [9.17, 15) is 17.2 Å². The number of nitrogens with one attached hydrogen (secondary N) is 2. The number of benzene rings is 1. The Morgan fingerprint density at radius 1 is 1.25 bits per heavy atom. The van der Waals surface area contributed by atoms with Gasteiger partial charge >= 0.3 is 10.2 Å². The number of hydrogen-bond acceptors (Lipinski definition) is 3. The molecule has 0 aliphatic rings. The number of para-hydroxylation sites is 1. The third kappa shape index (κ3) is 4.69. The fourth-order valence-electron chi connectivity index (χ4n) is 1.53. The Morgan fingerprint density at radius 3 is 2.40 bits per heavy atom. The second-order valence-electron chi connectivity index (χ2n) is 4.23. The first-order valence-corrected chi connectivity index (χ1v) is 7.71. The van der Waals surface area contributed by atoms with E-state index in [-0.39, 0.29) is 6.54 Å². The highest BCUT2D eigenvalue weighted by atomic mass is 32.2. The van der Waals surface area contributed by atoms with Gasteiger partial charge in [0.25, 0.3) is 0 Å². The zero-order valence-corrected chi connectivity index (χ0v) is 12.3. The number of halogens is 2. The summed E-state index contributed by atoms with van der Waals surface area (Å²) in [5.74, 6) is -1.90. The lowest BCUT2D eigenvalue weighted by Crippen LogP contribution is -2.35. The standard InChI is InChI=1S/C12H19F2N3O2S/c1-3-15-8-5-9-17(2)20(18,19)16-12-10(13)6-4-7-11(12)14/h4,6-7,15-16H,3,5,8-9H2,1-2H3. The summed E-state index contributed by atoms with van der Waals surface area (Å²) in [6.45, 7) is 3.67. The molecule has 0 unspecified atom stereocenters. The molecule has 114 valence electrons. The van der Waals surface area contributed by atoms with Gasteiger partial charge in [-0.1, -0.05) is 13.0 Å². The summed E-state index contributed by atoms with van der Waals surface area (Å²) < 4.78 is 53.6. The van der Waals surface area contributed by atoms with E-state index in [4.69, 9.17) is 0 Å². The number of rotatable bonds is 8. The largest absolute Gasteiger partial charge is 0.317 e. The summed E-state index contributed by atoms with van der Waals surface area (Å²) in [7, 11) is -2.62. The number of anilines is 1. The average Bonchev–Trinajstić information content (AvgIpc) is 2.39. The zero-order chi connectivity index (χ0) is 15.2. The summed E-state index contributed by atoms with van der Waals surface area (Å²) in [5, 5.41) is 3.06. The normalized spacial score (nSPS) is 11.8. The van der Waals surface area contributed by atoms with Gasteiger partial charge in [0.2, 0.25) is 0 Å². The maximum atomic E-state index is 13.4. The molecule has 0 fully saturated rings. The van der Waals surface area contributed by atoms with Crippen LogP contribution in [-0.4, -0.2) is 39.4 Å². The molecule has 5 nitrogen and oxygen atoms in total. The van der Waals surface area contributed by atoms with Gasteiger partial charge in [-0.25, -0.2) is 8.78 Å². The number of nitrogens with zero attached hydrogens (tertiary/aromatic N) is 1. The molecule has 0 saturated heterocycles. The second kappa shape index (κ2) is 7.51. The van der Waals surface area contributed by atoms with Crippen molar-refractivity contribution in [2.45, 2.75) is 13.3 Å². The molecule has 0 atom stereocenters. The Balaban J connectivity index is 2.69. The molecule has 1 aromatic rings. The van der Waals surface area contributed by atoms with Crippen LogP contribution in [0.4, 0.5) is 14.5 Å². The van der Waals surface area contributed by atoms with Crippen molar-refractivity contribution in [3.05, 3.63) is 29.8 Å². The molecule has 1 rings (SSSR count). The Bertz CT molecular complexity index is 517. The van der Waals surface area contributed by atoms with Crippen molar-refractivity contribution in [2.75, 3.05) is 31.4 Å². The molecular weight excluding hydrogens is 288 g/mol. The van der Waals surface area contributed by atoms with Crippen LogP contribution < -0.4 is 10.0 Å².